The quantitative estimate of drug-likeness (QED) is 0.310. The van der Waals surface area contributed by atoms with Gasteiger partial charge in [0.2, 0.25) is 5.88 Å². The number of H-pyrrole nitrogens is 1. The predicted molar refractivity (Wildman–Crippen MR) is 137 cm³/mol. The number of nitrogens with zero attached hydrogens (tertiary/aromatic N) is 7. The van der Waals surface area contributed by atoms with Crippen LogP contribution in [0.1, 0.15) is 47.4 Å². The van der Waals surface area contributed by atoms with Crippen LogP contribution < -0.4 is 4.74 Å². The standard InChI is InChI=1S/C27H23F3N8O2/c1-39-26-21(22(15-6-7-15)32-13-33-26)24-31-9-19-23(35-24)18(36-37-19)8-14-2-4-16(5-3-14)25-34-20(27(28,29)30)10-38(25)17-11-40-12-17/h2-5,9-10,13,15,17H,6-8,11-12H2,1H3,(H,36,37). The Bertz CT molecular complexity index is 1710. The van der Waals surface area contributed by atoms with Crippen LogP contribution in [0.3, 0.4) is 0 Å². The van der Waals surface area contributed by atoms with Gasteiger partial charge in [0, 0.05) is 24.1 Å². The molecular formula is C27H23F3N8O2. The lowest BCUT2D eigenvalue weighted by Gasteiger charge is -2.28. The van der Waals surface area contributed by atoms with Crippen LogP contribution in [0.4, 0.5) is 13.2 Å². The number of aromatic nitrogens is 8. The molecule has 7 rings (SSSR count). The Hall–Kier alpha value is -4.39. The average molecular weight is 549 g/mol. The number of methoxy groups -OCH3 is 1. The first-order valence-corrected chi connectivity index (χ1v) is 12.8. The summed E-state index contributed by atoms with van der Waals surface area (Å²) < 4.78 is 52.4. The van der Waals surface area contributed by atoms with Crippen molar-refractivity contribution in [1.29, 1.82) is 0 Å². The monoisotopic (exact) mass is 548 g/mol. The van der Waals surface area contributed by atoms with Crippen LogP contribution >= 0.6 is 0 Å². The zero-order valence-electron chi connectivity index (χ0n) is 21.3. The summed E-state index contributed by atoms with van der Waals surface area (Å²) in [5.41, 5.74) is 4.22. The average Bonchev–Trinajstić information content (AvgIpc) is 3.56. The molecule has 1 aromatic carbocycles. The molecule has 204 valence electrons. The fourth-order valence-corrected chi connectivity index (χ4v) is 4.89. The minimum Gasteiger partial charge on any atom is -0.480 e. The van der Waals surface area contributed by atoms with Gasteiger partial charge in [0.15, 0.2) is 11.5 Å². The molecular weight excluding hydrogens is 525 g/mol. The van der Waals surface area contributed by atoms with E-state index in [2.05, 4.69) is 30.1 Å². The van der Waals surface area contributed by atoms with E-state index in [1.807, 2.05) is 12.1 Å². The molecule has 10 nitrogen and oxygen atoms in total. The normalized spacial score (nSPS) is 15.9. The van der Waals surface area contributed by atoms with Gasteiger partial charge in [-0.3, -0.25) is 5.10 Å². The number of hydrogen-bond donors (Lipinski definition) is 1. The highest BCUT2D eigenvalue weighted by molar-refractivity contribution is 5.79. The first-order chi connectivity index (χ1) is 19.4. The van der Waals surface area contributed by atoms with Gasteiger partial charge >= 0.3 is 6.18 Å². The van der Waals surface area contributed by atoms with Crippen molar-refractivity contribution in [2.24, 2.45) is 0 Å². The number of fused-ring (bicyclic) bond motifs is 1. The first-order valence-electron chi connectivity index (χ1n) is 12.8. The summed E-state index contributed by atoms with van der Waals surface area (Å²) in [5, 5.41) is 7.44. The molecule has 1 saturated carbocycles. The molecule has 0 unspecified atom stereocenters. The van der Waals surface area contributed by atoms with Crippen molar-refractivity contribution in [3.8, 4) is 28.7 Å². The molecule has 1 N–H and O–H groups in total. The van der Waals surface area contributed by atoms with Crippen LogP contribution in [0, 0.1) is 0 Å². The van der Waals surface area contributed by atoms with Crippen LogP contribution in [0.5, 0.6) is 5.88 Å². The second kappa shape index (κ2) is 9.37. The third-order valence-electron chi connectivity index (χ3n) is 7.22. The van der Waals surface area contributed by atoms with Crippen molar-refractivity contribution in [1.82, 2.24) is 39.7 Å². The summed E-state index contributed by atoms with van der Waals surface area (Å²) in [5.74, 6) is 1.50. The molecule has 13 heteroatoms. The van der Waals surface area contributed by atoms with Crippen LogP contribution in [0.2, 0.25) is 0 Å². The molecule has 2 aliphatic rings. The van der Waals surface area contributed by atoms with E-state index in [-0.39, 0.29) is 11.9 Å². The van der Waals surface area contributed by atoms with Gasteiger partial charge in [0.25, 0.3) is 0 Å². The van der Waals surface area contributed by atoms with Crippen molar-refractivity contribution in [2.45, 2.75) is 37.4 Å². The number of nitrogens with one attached hydrogen (secondary N) is 1. The lowest BCUT2D eigenvalue weighted by molar-refractivity contribution is -0.141. The van der Waals surface area contributed by atoms with Gasteiger partial charge in [-0.05, 0) is 18.4 Å². The summed E-state index contributed by atoms with van der Waals surface area (Å²) in [7, 11) is 1.56. The van der Waals surface area contributed by atoms with Crippen molar-refractivity contribution in [3.63, 3.8) is 0 Å². The number of hydrogen-bond acceptors (Lipinski definition) is 8. The smallest absolute Gasteiger partial charge is 0.434 e. The molecule has 0 spiro atoms. The van der Waals surface area contributed by atoms with Gasteiger partial charge in [0.05, 0.1) is 44.0 Å². The molecule has 4 aromatic heterocycles. The van der Waals surface area contributed by atoms with E-state index in [9.17, 15) is 13.2 Å². The Morgan fingerprint density at radius 1 is 1.07 bits per heavy atom. The fraction of sp³-hybridized carbons (Fsp3) is 0.333. The molecule has 0 bridgehead atoms. The molecule has 1 aliphatic heterocycles. The summed E-state index contributed by atoms with van der Waals surface area (Å²) in [6.07, 6.45) is 2.27. The highest BCUT2D eigenvalue weighted by atomic mass is 19.4. The van der Waals surface area contributed by atoms with Crippen molar-refractivity contribution >= 4 is 11.0 Å². The van der Waals surface area contributed by atoms with E-state index in [0.29, 0.717) is 65.1 Å². The number of rotatable bonds is 7. The number of benzene rings is 1. The highest BCUT2D eigenvalue weighted by Crippen LogP contribution is 2.45. The number of ether oxygens (including phenoxy) is 2. The maximum atomic E-state index is 13.4. The van der Waals surface area contributed by atoms with E-state index >= 15 is 0 Å². The summed E-state index contributed by atoms with van der Waals surface area (Å²) in [4.78, 5) is 22.0. The number of aromatic amines is 1. The minimum atomic E-state index is -4.53. The Morgan fingerprint density at radius 3 is 2.55 bits per heavy atom. The Morgan fingerprint density at radius 2 is 1.88 bits per heavy atom. The van der Waals surface area contributed by atoms with Gasteiger partial charge in [-0.25, -0.2) is 24.9 Å². The largest absolute Gasteiger partial charge is 0.480 e. The number of halogens is 3. The summed E-state index contributed by atoms with van der Waals surface area (Å²) >= 11 is 0. The Balaban J connectivity index is 1.20. The van der Waals surface area contributed by atoms with E-state index in [4.69, 9.17) is 14.5 Å². The second-order valence-electron chi connectivity index (χ2n) is 9.96. The SMILES string of the molecule is COc1ncnc(C2CC2)c1-c1ncc2[nH]nc(Cc3ccc(-c4nc(C(F)(F)F)cn4C4COC4)cc3)c2n1. The number of alkyl halides is 3. The molecule has 1 saturated heterocycles. The third kappa shape index (κ3) is 4.35. The second-order valence-corrected chi connectivity index (χ2v) is 9.96. The number of imidazole rings is 1. The Kier molecular flexibility index (Phi) is 5.77. The Labute approximate surface area is 225 Å². The predicted octanol–water partition coefficient (Wildman–Crippen LogP) is 4.74. The van der Waals surface area contributed by atoms with E-state index < -0.39 is 11.9 Å². The minimum absolute atomic E-state index is 0.170. The molecule has 5 aromatic rings. The highest BCUT2D eigenvalue weighted by Gasteiger charge is 2.37. The van der Waals surface area contributed by atoms with E-state index in [0.717, 1.165) is 30.3 Å². The molecule has 0 radical (unpaired) electrons. The lowest BCUT2D eigenvalue weighted by atomic mass is 10.1. The summed E-state index contributed by atoms with van der Waals surface area (Å²) in [6.45, 7) is 0.718. The zero-order valence-corrected chi connectivity index (χ0v) is 21.3. The van der Waals surface area contributed by atoms with Gasteiger partial charge < -0.3 is 14.0 Å². The zero-order chi connectivity index (χ0) is 27.4. The first kappa shape index (κ1) is 24.6. The van der Waals surface area contributed by atoms with Gasteiger partial charge in [0.1, 0.15) is 28.7 Å². The van der Waals surface area contributed by atoms with Gasteiger partial charge in [-0.2, -0.15) is 18.3 Å². The summed E-state index contributed by atoms with van der Waals surface area (Å²) in [6, 6.07) is 7.10. The van der Waals surface area contributed by atoms with Gasteiger partial charge in [-0.15, -0.1) is 0 Å². The molecule has 0 amide bonds. The lowest BCUT2D eigenvalue weighted by Crippen LogP contribution is -2.30. The fourth-order valence-electron chi connectivity index (χ4n) is 4.89. The molecule has 2 fully saturated rings. The maximum absolute atomic E-state index is 13.4. The molecule has 5 heterocycles. The maximum Gasteiger partial charge on any atom is 0.434 e. The van der Waals surface area contributed by atoms with Crippen molar-refractivity contribution < 1.29 is 22.6 Å². The topological polar surface area (TPSA) is 117 Å². The van der Waals surface area contributed by atoms with E-state index in [1.165, 1.54) is 6.33 Å². The van der Waals surface area contributed by atoms with Crippen LogP contribution in [0.25, 0.3) is 33.8 Å². The van der Waals surface area contributed by atoms with Crippen molar-refractivity contribution in [2.75, 3.05) is 20.3 Å². The van der Waals surface area contributed by atoms with Gasteiger partial charge in [-0.1, -0.05) is 24.3 Å². The van der Waals surface area contributed by atoms with E-state index in [1.54, 1.807) is 30.0 Å². The molecule has 1 aliphatic carbocycles. The van der Waals surface area contributed by atoms with Crippen LogP contribution in [-0.2, 0) is 17.3 Å². The van der Waals surface area contributed by atoms with Crippen molar-refractivity contribution in [3.05, 3.63) is 65.6 Å². The third-order valence-corrected chi connectivity index (χ3v) is 7.22. The van der Waals surface area contributed by atoms with Crippen LogP contribution in [0.15, 0.2) is 43.0 Å². The molecule has 0 atom stereocenters. The van der Waals surface area contributed by atoms with Crippen LogP contribution in [-0.4, -0.2) is 60.0 Å². The molecule has 40 heavy (non-hydrogen) atoms.